The predicted molar refractivity (Wildman–Crippen MR) is 117 cm³/mol. The van der Waals surface area contributed by atoms with Crippen LogP contribution in [0.15, 0.2) is 6.20 Å². The van der Waals surface area contributed by atoms with Gasteiger partial charge in [-0.15, -0.1) is 0 Å². The SMILES string of the molecule is CC1CCN(c2nc(C(=O)N3CCN(C4CCCC4)CC3)nc3nn(C)cc23)CC1. The van der Waals surface area contributed by atoms with Crippen molar-refractivity contribution in [2.24, 2.45) is 13.0 Å². The second-order valence-corrected chi connectivity index (χ2v) is 9.35. The number of piperazine rings is 1. The van der Waals surface area contributed by atoms with Gasteiger partial charge in [-0.25, -0.2) is 9.97 Å². The van der Waals surface area contributed by atoms with Gasteiger partial charge in [-0.1, -0.05) is 19.8 Å². The number of amides is 1. The summed E-state index contributed by atoms with van der Waals surface area (Å²) in [6.07, 6.45) is 9.59. The van der Waals surface area contributed by atoms with Crippen LogP contribution in [0.1, 0.15) is 56.1 Å². The highest BCUT2D eigenvalue weighted by Gasteiger charge is 2.30. The van der Waals surface area contributed by atoms with Crippen LogP contribution in [0.2, 0.25) is 0 Å². The highest BCUT2D eigenvalue weighted by Crippen LogP contribution is 2.28. The molecule has 2 aromatic rings. The number of nitrogens with zero attached hydrogens (tertiary/aromatic N) is 7. The van der Waals surface area contributed by atoms with Crippen molar-refractivity contribution in [3.05, 3.63) is 12.0 Å². The first-order chi connectivity index (χ1) is 14.6. The van der Waals surface area contributed by atoms with E-state index in [2.05, 4.69) is 26.8 Å². The van der Waals surface area contributed by atoms with Gasteiger partial charge in [-0.2, -0.15) is 5.10 Å². The molecule has 0 bridgehead atoms. The third-order valence-corrected chi connectivity index (χ3v) is 7.19. The Bertz CT molecular complexity index is 904. The second-order valence-electron chi connectivity index (χ2n) is 9.35. The summed E-state index contributed by atoms with van der Waals surface area (Å²) in [4.78, 5) is 29.5. The van der Waals surface area contributed by atoms with E-state index in [0.717, 1.165) is 75.3 Å². The molecule has 30 heavy (non-hydrogen) atoms. The normalized spacial score (nSPS) is 22.3. The molecule has 1 saturated carbocycles. The molecule has 2 aromatic heterocycles. The van der Waals surface area contributed by atoms with Crippen molar-refractivity contribution in [2.75, 3.05) is 44.2 Å². The third kappa shape index (κ3) is 3.77. The molecule has 1 amide bonds. The summed E-state index contributed by atoms with van der Waals surface area (Å²) in [5.74, 6) is 1.85. The summed E-state index contributed by atoms with van der Waals surface area (Å²) in [5.41, 5.74) is 0.620. The molecule has 1 aliphatic carbocycles. The van der Waals surface area contributed by atoms with Gasteiger partial charge in [0.15, 0.2) is 5.65 Å². The first-order valence-corrected chi connectivity index (χ1v) is 11.6. The Morgan fingerprint density at radius 1 is 0.967 bits per heavy atom. The van der Waals surface area contributed by atoms with Crippen molar-refractivity contribution in [3.63, 3.8) is 0 Å². The number of carbonyl (C=O) groups is 1. The lowest BCUT2D eigenvalue weighted by Gasteiger charge is -2.37. The van der Waals surface area contributed by atoms with Gasteiger partial charge in [0, 0.05) is 58.6 Å². The number of carbonyl (C=O) groups excluding carboxylic acids is 1. The van der Waals surface area contributed by atoms with Crippen molar-refractivity contribution >= 4 is 22.8 Å². The molecule has 2 aliphatic heterocycles. The Balaban J connectivity index is 1.36. The maximum absolute atomic E-state index is 13.3. The van der Waals surface area contributed by atoms with E-state index in [4.69, 9.17) is 4.98 Å². The number of piperidine rings is 1. The summed E-state index contributed by atoms with van der Waals surface area (Å²) in [6, 6.07) is 0.719. The van der Waals surface area contributed by atoms with Gasteiger partial charge in [0.25, 0.3) is 5.91 Å². The number of aryl methyl sites for hydroxylation is 1. The lowest BCUT2D eigenvalue weighted by Crippen LogP contribution is -2.51. The summed E-state index contributed by atoms with van der Waals surface area (Å²) < 4.78 is 1.77. The third-order valence-electron chi connectivity index (χ3n) is 7.19. The summed E-state index contributed by atoms with van der Waals surface area (Å²) >= 11 is 0. The van der Waals surface area contributed by atoms with Crippen LogP contribution in [0.25, 0.3) is 11.0 Å². The number of fused-ring (bicyclic) bond motifs is 1. The quantitative estimate of drug-likeness (QED) is 0.772. The molecule has 3 fully saturated rings. The van der Waals surface area contributed by atoms with Crippen molar-refractivity contribution in [1.29, 1.82) is 0 Å². The Hall–Kier alpha value is -2.22. The highest BCUT2D eigenvalue weighted by molar-refractivity contribution is 5.95. The molecule has 2 saturated heterocycles. The van der Waals surface area contributed by atoms with Gasteiger partial charge in [-0.3, -0.25) is 14.4 Å². The zero-order valence-electron chi connectivity index (χ0n) is 18.3. The van der Waals surface area contributed by atoms with Gasteiger partial charge in [0.2, 0.25) is 5.82 Å². The summed E-state index contributed by atoms with van der Waals surface area (Å²) in [5, 5.41) is 5.44. The molecule has 0 aromatic carbocycles. The largest absolute Gasteiger partial charge is 0.356 e. The Morgan fingerprint density at radius 3 is 2.37 bits per heavy atom. The fourth-order valence-corrected chi connectivity index (χ4v) is 5.26. The molecular formula is C22H33N7O. The number of hydrogen-bond donors (Lipinski definition) is 0. The van der Waals surface area contributed by atoms with Crippen molar-refractivity contribution in [2.45, 2.75) is 51.5 Å². The molecule has 0 atom stereocenters. The topological polar surface area (TPSA) is 70.4 Å². The molecule has 162 valence electrons. The Kier molecular flexibility index (Phi) is 5.35. The van der Waals surface area contributed by atoms with Crippen LogP contribution in [0.4, 0.5) is 5.82 Å². The van der Waals surface area contributed by atoms with E-state index in [9.17, 15) is 4.79 Å². The van der Waals surface area contributed by atoms with Gasteiger partial charge >= 0.3 is 0 Å². The van der Waals surface area contributed by atoms with Crippen LogP contribution in [0.5, 0.6) is 0 Å². The number of aromatic nitrogens is 4. The lowest BCUT2D eigenvalue weighted by atomic mass is 9.99. The van der Waals surface area contributed by atoms with E-state index < -0.39 is 0 Å². The van der Waals surface area contributed by atoms with E-state index in [0.29, 0.717) is 11.5 Å². The molecule has 8 nitrogen and oxygen atoms in total. The molecule has 4 heterocycles. The van der Waals surface area contributed by atoms with E-state index >= 15 is 0 Å². The maximum Gasteiger partial charge on any atom is 0.291 e. The number of anilines is 1. The molecule has 0 N–H and O–H groups in total. The minimum atomic E-state index is -0.0553. The smallest absolute Gasteiger partial charge is 0.291 e. The molecule has 5 rings (SSSR count). The van der Waals surface area contributed by atoms with Crippen LogP contribution < -0.4 is 4.90 Å². The van der Waals surface area contributed by atoms with Crippen LogP contribution in [-0.4, -0.2) is 80.8 Å². The fourth-order valence-electron chi connectivity index (χ4n) is 5.26. The predicted octanol–water partition coefficient (Wildman–Crippen LogP) is 2.30. The first kappa shape index (κ1) is 19.7. The first-order valence-electron chi connectivity index (χ1n) is 11.6. The van der Waals surface area contributed by atoms with E-state index in [1.54, 1.807) is 4.68 Å². The van der Waals surface area contributed by atoms with Crippen molar-refractivity contribution in [1.82, 2.24) is 29.5 Å². The fraction of sp³-hybridized carbons (Fsp3) is 0.727. The average Bonchev–Trinajstić information content (AvgIpc) is 3.42. The maximum atomic E-state index is 13.3. The standard InChI is InChI=1S/C22H33N7O/c1-16-7-9-28(10-8-16)21-18-15-26(2)25-19(18)23-20(24-21)22(30)29-13-11-27(12-14-29)17-5-3-4-6-17/h15-17H,3-14H2,1-2H3. The van der Waals surface area contributed by atoms with Crippen LogP contribution >= 0.6 is 0 Å². The van der Waals surface area contributed by atoms with Crippen LogP contribution in [0.3, 0.4) is 0 Å². The van der Waals surface area contributed by atoms with Gasteiger partial charge in [-0.05, 0) is 31.6 Å². The molecule has 0 radical (unpaired) electrons. The minimum absolute atomic E-state index is 0.0553. The number of rotatable bonds is 3. The lowest BCUT2D eigenvalue weighted by molar-refractivity contribution is 0.0562. The Labute approximate surface area is 178 Å². The second kappa shape index (κ2) is 8.13. The minimum Gasteiger partial charge on any atom is -0.356 e. The molecule has 8 heteroatoms. The van der Waals surface area contributed by atoms with Crippen LogP contribution in [0, 0.1) is 5.92 Å². The molecule has 0 spiro atoms. The zero-order chi connectivity index (χ0) is 20.7. The van der Waals surface area contributed by atoms with Crippen LogP contribution in [-0.2, 0) is 7.05 Å². The van der Waals surface area contributed by atoms with Crippen molar-refractivity contribution < 1.29 is 4.79 Å². The summed E-state index contributed by atoms with van der Waals surface area (Å²) in [7, 11) is 1.90. The van der Waals surface area contributed by atoms with Gasteiger partial charge in [0.1, 0.15) is 5.82 Å². The Morgan fingerprint density at radius 2 is 1.67 bits per heavy atom. The monoisotopic (exact) mass is 411 g/mol. The van der Waals surface area contributed by atoms with E-state index in [1.165, 1.54) is 25.7 Å². The molecule has 3 aliphatic rings. The molecular weight excluding hydrogens is 378 g/mol. The average molecular weight is 412 g/mol. The van der Waals surface area contributed by atoms with E-state index in [-0.39, 0.29) is 5.91 Å². The van der Waals surface area contributed by atoms with E-state index in [1.807, 2.05) is 18.1 Å². The molecule has 0 unspecified atom stereocenters. The van der Waals surface area contributed by atoms with Gasteiger partial charge < -0.3 is 9.80 Å². The van der Waals surface area contributed by atoms with Crippen molar-refractivity contribution in [3.8, 4) is 0 Å². The highest BCUT2D eigenvalue weighted by atomic mass is 16.2. The van der Waals surface area contributed by atoms with Gasteiger partial charge in [0.05, 0.1) is 5.39 Å². The number of hydrogen-bond acceptors (Lipinski definition) is 6. The summed E-state index contributed by atoms with van der Waals surface area (Å²) in [6.45, 7) is 7.67. The zero-order valence-corrected chi connectivity index (χ0v) is 18.3.